The van der Waals surface area contributed by atoms with Crippen LogP contribution in [0, 0.1) is 15.9 Å². The number of carbonyl (C=O) groups excluding carboxylic acids is 2. The molecule has 1 rings (SSSR count). The molecule has 0 aliphatic carbocycles. The normalized spacial score (nSPS) is 10.2. The van der Waals surface area contributed by atoms with Gasteiger partial charge in [-0.15, -0.1) is 0 Å². The van der Waals surface area contributed by atoms with Gasteiger partial charge in [-0.25, -0.2) is 4.39 Å². The van der Waals surface area contributed by atoms with Gasteiger partial charge in [0.1, 0.15) is 0 Å². The molecule has 0 N–H and O–H groups in total. The molecule has 0 amide bonds. The zero-order chi connectivity index (χ0) is 15.8. The van der Waals surface area contributed by atoms with Crippen LogP contribution in [0.2, 0.25) is 0 Å². The standard InChI is InChI=1S/C13H13ClFNO5/c14-11(18)4-2-1-3-7-21-13-10(15)6-5-9(8-17)12(13)16(19)20/h5-6,8H,1-4,7H2. The number of nitro benzene ring substituents is 1. The molecule has 114 valence electrons. The van der Waals surface area contributed by atoms with E-state index in [0.717, 1.165) is 12.1 Å². The molecule has 0 aromatic heterocycles. The van der Waals surface area contributed by atoms with Gasteiger partial charge in [0.05, 0.1) is 17.1 Å². The Kier molecular flexibility index (Phi) is 6.74. The zero-order valence-corrected chi connectivity index (χ0v) is 11.8. The van der Waals surface area contributed by atoms with Crippen LogP contribution >= 0.6 is 11.6 Å². The summed E-state index contributed by atoms with van der Waals surface area (Å²) in [5.41, 5.74) is -0.926. The maximum Gasteiger partial charge on any atom is 0.324 e. The second-order valence-electron chi connectivity index (χ2n) is 4.20. The quantitative estimate of drug-likeness (QED) is 0.229. The Labute approximate surface area is 125 Å². The van der Waals surface area contributed by atoms with Crippen LogP contribution in [0.3, 0.4) is 0 Å². The number of unbranched alkanes of at least 4 members (excludes halogenated alkanes) is 2. The lowest BCUT2D eigenvalue weighted by atomic mass is 10.1. The Morgan fingerprint density at radius 1 is 1.38 bits per heavy atom. The predicted octanol–water partition coefficient (Wildman–Crippen LogP) is 3.25. The molecule has 21 heavy (non-hydrogen) atoms. The van der Waals surface area contributed by atoms with Gasteiger partial charge in [-0.2, -0.15) is 0 Å². The van der Waals surface area contributed by atoms with E-state index in [1.54, 1.807) is 0 Å². The summed E-state index contributed by atoms with van der Waals surface area (Å²) in [5, 5.41) is 10.5. The number of halogens is 2. The molecule has 0 unspecified atom stereocenters. The number of hydrogen-bond donors (Lipinski definition) is 0. The predicted molar refractivity (Wildman–Crippen MR) is 73.3 cm³/mol. The largest absolute Gasteiger partial charge is 0.485 e. The van der Waals surface area contributed by atoms with E-state index in [2.05, 4.69) is 0 Å². The van der Waals surface area contributed by atoms with E-state index >= 15 is 0 Å². The zero-order valence-electron chi connectivity index (χ0n) is 11.0. The average molecular weight is 318 g/mol. The number of aldehydes is 1. The minimum atomic E-state index is -0.900. The van der Waals surface area contributed by atoms with Gasteiger partial charge in [0, 0.05) is 6.42 Å². The summed E-state index contributed by atoms with van der Waals surface area (Å²) in [6.07, 6.45) is 2.16. The van der Waals surface area contributed by atoms with Crippen LogP contribution in [-0.2, 0) is 4.79 Å². The van der Waals surface area contributed by atoms with Crippen LogP contribution in [0.4, 0.5) is 10.1 Å². The molecular weight excluding hydrogens is 305 g/mol. The topological polar surface area (TPSA) is 86.5 Å². The molecule has 0 heterocycles. The molecule has 1 aromatic carbocycles. The number of benzene rings is 1. The van der Waals surface area contributed by atoms with E-state index in [4.69, 9.17) is 16.3 Å². The van der Waals surface area contributed by atoms with Crippen molar-refractivity contribution in [3.8, 4) is 5.75 Å². The summed E-state index contributed by atoms with van der Waals surface area (Å²) in [5.74, 6) is -1.44. The number of nitro groups is 1. The highest BCUT2D eigenvalue weighted by molar-refractivity contribution is 6.63. The minimum Gasteiger partial charge on any atom is -0.485 e. The van der Waals surface area contributed by atoms with Gasteiger partial charge in [0.25, 0.3) is 0 Å². The molecule has 0 atom stereocenters. The lowest BCUT2D eigenvalue weighted by Gasteiger charge is -2.08. The fraction of sp³-hybridized carbons (Fsp3) is 0.385. The highest BCUT2D eigenvalue weighted by Crippen LogP contribution is 2.33. The van der Waals surface area contributed by atoms with Crippen LogP contribution in [0.25, 0.3) is 0 Å². The third kappa shape index (κ3) is 5.11. The first-order valence-electron chi connectivity index (χ1n) is 6.20. The van der Waals surface area contributed by atoms with Crippen molar-refractivity contribution in [1.82, 2.24) is 0 Å². The first-order valence-corrected chi connectivity index (χ1v) is 6.58. The molecule has 0 saturated carbocycles. The van der Waals surface area contributed by atoms with Crippen molar-refractivity contribution in [1.29, 1.82) is 0 Å². The van der Waals surface area contributed by atoms with Gasteiger partial charge in [-0.3, -0.25) is 19.7 Å². The second kappa shape index (κ2) is 8.31. The van der Waals surface area contributed by atoms with Crippen LogP contribution < -0.4 is 4.74 Å². The van der Waals surface area contributed by atoms with E-state index in [-0.39, 0.29) is 24.9 Å². The van der Waals surface area contributed by atoms with Crippen LogP contribution in [-0.4, -0.2) is 23.1 Å². The van der Waals surface area contributed by atoms with Crippen molar-refractivity contribution in [2.24, 2.45) is 0 Å². The van der Waals surface area contributed by atoms with Gasteiger partial charge in [-0.05, 0) is 43.0 Å². The van der Waals surface area contributed by atoms with Crippen LogP contribution in [0.15, 0.2) is 12.1 Å². The van der Waals surface area contributed by atoms with Gasteiger partial charge in [0.15, 0.2) is 12.1 Å². The summed E-state index contributed by atoms with van der Waals surface area (Å²) in [4.78, 5) is 31.3. The Morgan fingerprint density at radius 3 is 2.67 bits per heavy atom. The molecule has 0 saturated heterocycles. The van der Waals surface area contributed by atoms with Crippen molar-refractivity contribution in [3.63, 3.8) is 0 Å². The Balaban J connectivity index is 2.68. The Morgan fingerprint density at radius 2 is 2.10 bits per heavy atom. The lowest BCUT2D eigenvalue weighted by Crippen LogP contribution is -2.05. The number of nitrogens with zero attached hydrogens (tertiary/aromatic N) is 1. The van der Waals surface area contributed by atoms with Crippen LogP contribution in [0.5, 0.6) is 5.75 Å². The molecular formula is C13H13ClFNO5. The molecule has 8 heteroatoms. The molecule has 0 spiro atoms. The molecule has 1 aromatic rings. The summed E-state index contributed by atoms with van der Waals surface area (Å²) >= 11 is 5.17. The fourth-order valence-corrected chi connectivity index (χ4v) is 1.83. The SMILES string of the molecule is O=Cc1ccc(F)c(OCCCCCC(=O)Cl)c1[N+](=O)[O-]. The number of ether oxygens (including phenoxy) is 1. The number of rotatable bonds is 9. The van der Waals surface area contributed by atoms with E-state index in [9.17, 15) is 24.1 Å². The van der Waals surface area contributed by atoms with Gasteiger partial charge < -0.3 is 4.74 Å². The van der Waals surface area contributed by atoms with Crippen molar-refractivity contribution in [3.05, 3.63) is 33.6 Å². The van der Waals surface area contributed by atoms with E-state index in [1.165, 1.54) is 0 Å². The van der Waals surface area contributed by atoms with Gasteiger partial charge in [0.2, 0.25) is 11.0 Å². The first kappa shape index (κ1) is 17.0. The van der Waals surface area contributed by atoms with E-state index in [0.29, 0.717) is 19.3 Å². The lowest BCUT2D eigenvalue weighted by molar-refractivity contribution is -0.386. The van der Waals surface area contributed by atoms with Crippen molar-refractivity contribution in [2.75, 3.05) is 6.61 Å². The number of carbonyl (C=O) groups is 2. The number of hydrogen-bond acceptors (Lipinski definition) is 5. The maximum absolute atomic E-state index is 13.6. The second-order valence-corrected chi connectivity index (χ2v) is 4.63. The van der Waals surface area contributed by atoms with E-state index in [1.807, 2.05) is 0 Å². The third-order valence-corrected chi connectivity index (χ3v) is 2.88. The van der Waals surface area contributed by atoms with Crippen molar-refractivity contribution < 1.29 is 23.6 Å². The molecule has 0 fully saturated rings. The highest BCUT2D eigenvalue weighted by atomic mass is 35.5. The minimum absolute atomic E-state index is 0.0382. The van der Waals surface area contributed by atoms with Crippen molar-refractivity contribution in [2.45, 2.75) is 25.7 Å². The molecule has 0 aliphatic heterocycles. The monoisotopic (exact) mass is 317 g/mol. The summed E-state index contributed by atoms with van der Waals surface area (Å²) in [7, 11) is 0. The summed E-state index contributed by atoms with van der Waals surface area (Å²) < 4.78 is 18.7. The van der Waals surface area contributed by atoms with Gasteiger partial charge >= 0.3 is 5.69 Å². The van der Waals surface area contributed by atoms with Crippen molar-refractivity contribution >= 4 is 28.8 Å². The van der Waals surface area contributed by atoms with Crippen LogP contribution in [0.1, 0.15) is 36.0 Å². The molecule has 0 bridgehead atoms. The summed E-state index contributed by atoms with van der Waals surface area (Å²) in [6.45, 7) is 0.0382. The summed E-state index contributed by atoms with van der Waals surface area (Å²) in [6, 6.07) is 1.97. The Hall–Kier alpha value is -2.02. The molecule has 0 radical (unpaired) electrons. The fourth-order valence-electron chi connectivity index (χ4n) is 1.70. The average Bonchev–Trinajstić information content (AvgIpc) is 2.43. The third-order valence-electron chi connectivity index (χ3n) is 2.69. The highest BCUT2D eigenvalue weighted by Gasteiger charge is 2.24. The molecule has 6 nitrogen and oxygen atoms in total. The first-order chi connectivity index (χ1) is 9.97. The molecule has 0 aliphatic rings. The van der Waals surface area contributed by atoms with E-state index < -0.39 is 27.4 Å². The smallest absolute Gasteiger partial charge is 0.324 e. The Bertz CT molecular complexity index is 550. The van der Waals surface area contributed by atoms with Gasteiger partial charge in [-0.1, -0.05) is 0 Å². The maximum atomic E-state index is 13.6.